The molecule has 1 aromatic carbocycles. The fraction of sp³-hybridized carbons (Fsp3) is 0.125. The summed E-state index contributed by atoms with van der Waals surface area (Å²) in [6.07, 6.45) is 1.59. The van der Waals surface area contributed by atoms with E-state index in [0.717, 1.165) is 4.88 Å². The molecule has 0 aliphatic heterocycles. The largest absolute Gasteiger partial charge is 0.487 e. The Kier molecular flexibility index (Phi) is 4.20. The lowest BCUT2D eigenvalue weighted by Gasteiger charge is -2.06. The molecule has 3 aromatic rings. The number of aromatic nitrogens is 1. The molecule has 112 valence electrons. The summed E-state index contributed by atoms with van der Waals surface area (Å²) in [5, 5.41) is 4.69. The molecule has 5 nitrogen and oxygen atoms in total. The number of hydrogen-bond acceptors (Lipinski definition) is 5. The first-order chi connectivity index (χ1) is 10.7. The second-order valence-electron chi connectivity index (χ2n) is 4.62. The van der Waals surface area contributed by atoms with Crippen molar-refractivity contribution in [1.29, 1.82) is 0 Å². The molecular weight excluding hydrogens is 300 g/mol. The zero-order valence-electron chi connectivity index (χ0n) is 11.9. The first-order valence-electron chi connectivity index (χ1n) is 6.69. The predicted octanol–water partition coefficient (Wildman–Crippen LogP) is 3.94. The molecule has 3 rings (SSSR count). The monoisotopic (exact) mass is 314 g/mol. The smallest absolute Gasteiger partial charge is 0.236 e. The number of carbonyl (C=O) groups excluding carboxylic acids is 1. The van der Waals surface area contributed by atoms with Crippen LogP contribution in [0.4, 0.5) is 5.69 Å². The van der Waals surface area contributed by atoms with Crippen LogP contribution >= 0.6 is 11.3 Å². The normalized spacial score (nSPS) is 10.4. The Hall–Kier alpha value is -2.60. The quantitative estimate of drug-likeness (QED) is 0.774. The highest BCUT2D eigenvalue weighted by molar-refractivity contribution is 7.13. The van der Waals surface area contributed by atoms with Crippen molar-refractivity contribution in [1.82, 2.24) is 4.98 Å². The minimum Gasteiger partial charge on any atom is -0.487 e. The number of ether oxygens (including phenoxy) is 1. The number of anilines is 1. The maximum Gasteiger partial charge on any atom is 0.236 e. The van der Waals surface area contributed by atoms with Gasteiger partial charge in [-0.3, -0.25) is 4.79 Å². The minimum absolute atomic E-state index is 0.116. The molecule has 0 aliphatic rings. The fourth-order valence-electron chi connectivity index (χ4n) is 1.91. The van der Waals surface area contributed by atoms with E-state index in [1.807, 2.05) is 29.6 Å². The topological polar surface area (TPSA) is 64.4 Å². The Labute approximate surface area is 131 Å². The van der Waals surface area contributed by atoms with Crippen LogP contribution < -0.4 is 10.1 Å². The van der Waals surface area contributed by atoms with E-state index in [0.29, 0.717) is 29.6 Å². The van der Waals surface area contributed by atoms with Crippen LogP contribution in [0.3, 0.4) is 0 Å². The van der Waals surface area contributed by atoms with E-state index in [1.165, 1.54) is 6.92 Å². The second kappa shape index (κ2) is 6.44. The molecule has 0 bridgehead atoms. The van der Waals surface area contributed by atoms with Crippen molar-refractivity contribution in [3.05, 3.63) is 53.7 Å². The highest BCUT2D eigenvalue weighted by Gasteiger charge is 2.08. The predicted molar refractivity (Wildman–Crippen MR) is 84.9 cm³/mol. The zero-order valence-corrected chi connectivity index (χ0v) is 12.7. The molecule has 2 aromatic heterocycles. The van der Waals surface area contributed by atoms with Gasteiger partial charge in [0.05, 0.1) is 4.88 Å². The highest BCUT2D eigenvalue weighted by Crippen LogP contribution is 2.24. The number of nitrogens with one attached hydrogen (secondary N) is 1. The van der Waals surface area contributed by atoms with Crippen molar-refractivity contribution in [2.75, 3.05) is 5.32 Å². The van der Waals surface area contributed by atoms with Crippen molar-refractivity contribution >= 4 is 22.9 Å². The van der Waals surface area contributed by atoms with Crippen molar-refractivity contribution < 1.29 is 13.9 Å². The lowest BCUT2D eigenvalue weighted by molar-refractivity contribution is -0.114. The van der Waals surface area contributed by atoms with Crippen LogP contribution in [0, 0.1) is 0 Å². The molecule has 0 aliphatic carbocycles. The molecule has 0 radical (unpaired) electrons. The lowest BCUT2D eigenvalue weighted by Crippen LogP contribution is -2.05. The van der Waals surface area contributed by atoms with E-state index < -0.39 is 0 Å². The summed E-state index contributed by atoms with van der Waals surface area (Å²) < 4.78 is 11.1. The minimum atomic E-state index is -0.116. The number of oxazole rings is 1. The Morgan fingerprint density at radius 2 is 2.27 bits per heavy atom. The van der Waals surface area contributed by atoms with Gasteiger partial charge in [-0.25, -0.2) is 4.98 Å². The molecular formula is C16H14N2O3S. The molecule has 0 saturated carbocycles. The SMILES string of the molecule is CC(=O)Nc1cccc(OCc2coc(-c3cccs3)n2)c1. The van der Waals surface area contributed by atoms with Gasteiger partial charge in [-0.2, -0.15) is 0 Å². The number of hydrogen-bond donors (Lipinski definition) is 1. The molecule has 0 fully saturated rings. The third kappa shape index (κ3) is 3.53. The Morgan fingerprint density at radius 1 is 1.36 bits per heavy atom. The van der Waals surface area contributed by atoms with Gasteiger partial charge in [0.1, 0.15) is 24.3 Å². The maximum absolute atomic E-state index is 11.0. The summed E-state index contributed by atoms with van der Waals surface area (Å²) in [7, 11) is 0. The molecule has 0 saturated heterocycles. The molecule has 0 spiro atoms. The molecule has 22 heavy (non-hydrogen) atoms. The summed E-state index contributed by atoms with van der Waals surface area (Å²) in [6.45, 7) is 1.77. The van der Waals surface area contributed by atoms with Crippen molar-refractivity contribution in [3.8, 4) is 16.5 Å². The number of carbonyl (C=O) groups is 1. The highest BCUT2D eigenvalue weighted by atomic mass is 32.1. The van der Waals surface area contributed by atoms with Gasteiger partial charge in [0, 0.05) is 18.7 Å². The zero-order chi connectivity index (χ0) is 15.4. The first-order valence-corrected chi connectivity index (χ1v) is 7.57. The second-order valence-corrected chi connectivity index (χ2v) is 5.57. The number of rotatable bonds is 5. The maximum atomic E-state index is 11.0. The van der Waals surface area contributed by atoms with Gasteiger partial charge in [0.15, 0.2) is 0 Å². The van der Waals surface area contributed by atoms with Crippen molar-refractivity contribution in [3.63, 3.8) is 0 Å². The van der Waals surface area contributed by atoms with Gasteiger partial charge in [-0.05, 0) is 23.6 Å². The Morgan fingerprint density at radius 3 is 3.05 bits per heavy atom. The van der Waals surface area contributed by atoms with Crippen molar-refractivity contribution in [2.24, 2.45) is 0 Å². The van der Waals surface area contributed by atoms with Crippen LogP contribution in [-0.2, 0) is 11.4 Å². The summed E-state index contributed by atoms with van der Waals surface area (Å²) in [4.78, 5) is 16.4. The van der Waals surface area contributed by atoms with Crippen LogP contribution in [0.5, 0.6) is 5.75 Å². The van der Waals surface area contributed by atoms with Crippen LogP contribution in [0.25, 0.3) is 10.8 Å². The third-order valence-electron chi connectivity index (χ3n) is 2.82. The Balaban J connectivity index is 1.64. The van der Waals surface area contributed by atoms with E-state index in [-0.39, 0.29) is 5.91 Å². The molecule has 0 atom stereocenters. The molecule has 6 heteroatoms. The summed E-state index contributed by atoms with van der Waals surface area (Å²) in [5.74, 6) is 1.14. The van der Waals surface area contributed by atoms with Gasteiger partial charge in [-0.1, -0.05) is 12.1 Å². The average Bonchev–Trinajstić information content (AvgIpc) is 3.16. The molecule has 0 unspecified atom stereocenters. The van der Waals surface area contributed by atoms with Crippen LogP contribution in [0.2, 0.25) is 0 Å². The number of benzene rings is 1. The standard InChI is InChI=1S/C16H14N2O3S/c1-11(19)17-12-4-2-5-14(8-12)20-9-13-10-21-16(18-13)15-6-3-7-22-15/h2-8,10H,9H2,1H3,(H,17,19). The van der Waals surface area contributed by atoms with Crippen LogP contribution in [0.15, 0.2) is 52.5 Å². The average molecular weight is 314 g/mol. The summed E-state index contributed by atoms with van der Waals surface area (Å²) >= 11 is 1.57. The summed E-state index contributed by atoms with van der Waals surface area (Å²) in [6, 6.07) is 11.1. The van der Waals surface area contributed by atoms with E-state index >= 15 is 0 Å². The van der Waals surface area contributed by atoms with Gasteiger partial charge in [0.25, 0.3) is 0 Å². The fourth-order valence-corrected chi connectivity index (χ4v) is 2.57. The van der Waals surface area contributed by atoms with E-state index in [4.69, 9.17) is 9.15 Å². The van der Waals surface area contributed by atoms with Gasteiger partial charge < -0.3 is 14.5 Å². The van der Waals surface area contributed by atoms with Crippen LogP contribution in [0.1, 0.15) is 12.6 Å². The molecule has 1 N–H and O–H groups in total. The Bertz CT molecular complexity index is 765. The lowest BCUT2D eigenvalue weighted by atomic mass is 10.3. The van der Waals surface area contributed by atoms with Gasteiger partial charge >= 0.3 is 0 Å². The summed E-state index contributed by atoms with van der Waals surface area (Å²) in [5.41, 5.74) is 1.41. The van der Waals surface area contributed by atoms with E-state index in [2.05, 4.69) is 10.3 Å². The van der Waals surface area contributed by atoms with E-state index in [9.17, 15) is 4.79 Å². The molecule has 1 amide bonds. The first kappa shape index (κ1) is 14.3. The number of amides is 1. The van der Waals surface area contributed by atoms with E-state index in [1.54, 1.807) is 29.7 Å². The van der Waals surface area contributed by atoms with Crippen LogP contribution in [-0.4, -0.2) is 10.9 Å². The van der Waals surface area contributed by atoms with Gasteiger partial charge in [0.2, 0.25) is 11.8 Å². The third-order valence-corrected chi connectivity index (χ3v) is 3.68. The number of thiophene rings is 1. The molecule has 2 heterocycles. The number of nitrogens with zero attached hydrogens (tertiary/aromatic N) is 1. The van der Waals surface area contributed by atoms with Gasteiger partial charge in [-0.15, -0.1) is 11.3 Å². The van der Waals surface area contributed by atoms with Crippen molar-refractivity contribution in [2.45, 2.75) is 13.5 Å².